The molecule has 29 heavy (non-hydrogen) atoms. The molecule has 0 saturated heterocycles. The molecule has 4 aromatic rings. The van der Waals surface area contributed by atoms with Crippen molar-refractivity contribution in [2.75, 3.05) is 11.5 Å². The van der Waals surface area contributed by atoms with Crippen molar-refractivity contribution in [3.05, 3.63) is 53.3 Å². The Kier molecular flexibility index (Phi) is 4.26. The van der Waals surface area contributed by atoms with Crippen LogP contribution in [0.3, 0.4) is 0 Å². The first-order valence-corrected chi connectivity index (χ1v) is 9.75. The minimum Gasteiger partial charge on any atom is -0.424 e. The zero-order valence-electron chi connectivity index (χ0n) is 17.6. The van der Waals surface area contributed by atoms with Crippen LogP contribution in [0.15, 0.2) is 41.1 Å². The van der Waals surface area contributed by atoms with E-state index in [4.69, 9.17) is 15.9 Å². The maximum atomic E-state index is 6.08. The first-order valence-electron chi connectivity index (χ1n) is 9.75. The number of oxazole rings is 1. The summed E-state index contributed by atoms with van der Waals surface area (Å²) in [4.78, 5) is 12.9. The third-order valence-corrected chi connectivity index (χ3v) is 5.54. The van der Waals surface area contributed by atoms with Crippen molar-refractivity contribution in [1.29, 1.82) is 0 Å². The average Bonchev–Trinajstić information content (AvgIpc) is 3.01. The summed E-state index contributed by atoms with van der Waals surface area (Å²) >= 11 is 0. The predicted molar refractivity (Wildman–Crippen MR) is 118 cm³/mol. The van der Waals surface area contributed by atoms with E-state index in [2.05, 4.69) is 67.8 Å². The average molecular weight is 390 g/mol. The van der Waals surface area contributed by atoms with Crippen molar-refractivity contribution in [3.8, 4) is 0 Å². The van der Waals surface area contributed by atoms with Gasteiger partial charge in [-0.05, 0) is 52.1 Å². The van der Waals surface area contributed by atoms with Crippen LogP contribution in [0.2, 0.25) is 0 Å². The van der Waals surface area contributed by atoms with Gasteiger partial charge in [-0.3, -0.25) is 0 Å². The van der Waals surface area contributed by atoms with E-state index >= 15 is 0 Å². The van der Waals surface area contributed by atoms with Gasteiger partial charge in [0.25, 0.3) is 6.01 Å². The third kappa shape index (κ3) is 3.50. The minimum absolute atomic E-state index is 0.0105. The molecule has 0 spiro atoms. The molecule has 0 aliphatic carbocycles. The number of nitrogens with zero attached hydrogens (tertiary/aromatic N) is 3. The lowest BCUT2D eigenvalue weighted by atomic mass is 9.77. The number of fused-ring (bicyclic) bond motifs is 2. The number of rotatable bonds is 3. The van der Waals surface area contributed by atoms with Gasteiger partial charge in [0.15, 0.2) is 5.58 Å². The number of benzene rings is 2. The van der Waals surface area contributed by atoms with E-state index in [1.165, 1.54) is 11.9 Å². The Bertz CT molecular complexity index is 1220. The van der Waals surface area contributed by atoms with Gasteiger partial charge >= 0.3 is 0 Å². The Balaban J connectivity index is 1.82. The monoisotopic (exact) mass is 389 g/mol. The van der Waals surface area contributed by atoms with E-state index in [0.717, 1.165) is 39.6 Å². The molecule has 6 heteroatoms. The van der Waals surface area contributed by atoms with Gasteiger partial charge < -0.3 is 15.9 Å². The molecule has 2 heterocycles. The van der Waals surface area contributed by atoms with Crippen LogP contribution in [0, 0.1) is 0 Å². The number of hydrogen-bond donors (Lipinski definition) is 2. The van der Waals surface area contributed by atoms with E-state index in [1.807, 2.05) is 12.1 Å². The normalized spacial score (nSPS) is 12.7. The van der Waals surface area contributed by atoms with Crippen LogP contribution in [-0.2, 0) is 17.3 Å². The lowest BCUT2D eigenvalue weighted by Gasteiger charge is -2.27. The maximum Gasteiger partial charge on any atom is 0.292 e. The summed E-state index contributed by atoms with van der Waals surface area (Å²) in [7, 11) is 0. The van der Waals surface area contributed by atoms with Gasteiger partial charge in [-0.1, -0.05) is 46.8 Å². The summed E-state index contributed by atoms with van der Waals surface area (Å²) in [6.07, 6.45) is 2.27. The Morgan fingerprint density at radius 3 is 2.41 bits per heavy atom. The second-order valence-electron chi connectivity index (χ2n) is 9.34. The molecule has 2 aromatic carbocycles. The zero-order valence-corrected chi connectivity index (χ0v) is 17.6. The second-order valence-corrected chi connectivity index (χ2v) is 9.34. The first-order chi connectivity index (χ1) is 13.5. The summed E-state index contributed by atoms with van der Waals surface area (Å²) in [6.45, 7) is 11.0. The molecule has 150 valence electrons. The molecule has 0 radical (unpaired) electrons. The van der Waals surface area contributed by atoms with Crippen LogP contribution in [0.25, 0.3) is 22.0 Å². The number of nitrogens with two attached hydrogens (primary N) is 2. The summed E-state index contributed by atoms with van der Waals surface area (Å²) in [5.41, 5.74) is 17.6. The second kappa shape index (κ2) is 6.44. The van der Waals surface area contributed by atoms with Gasteiger partial charge in [-0.25, -0.2) is 9.97 Å². The summed E-state index contributed by atoms with van der Waals surface area (Å²) < 4.78 is 5.67. The summed E-state index contributed by atoms with van der Waals surface area (Å²) in [6, 6.07) is 10.7. The molecule has 0 atom stereocenters. The van der Waals surface area contributed by atoms with E-state index in [-0.39, 0.29) is 16.8 Å². The number of anilines is 2. The first kappa shape index (κ1) is 19.2. The Hall–Kier alpha value is -3.15. The molecule has 0 fully saturated rings. The summed E-state index contributed by atoms with van der Waals surface area (Å²) in [5.74, 6) is 0.494. The number of nitrogen functional groups attached to an aromatic ring is 2. The van der Waals surface area contributed by atoms with Crippen LogP contribution in [0.1, 0.15) is 51.3 Å². The van der Waals surface area contributed by atoms with Gasteiger partial charge in [-0.2, -0.15) is 4.98 Å². The molecule has 6 nitrogen and oxygen atoms in total. The van der Waals surface area contributed by atoms with Gasteiger partial charge in [0, 0.05) is 5.39 Å². The van der Waals surface area contributed by atoms with Crippen molar-refractivity contribution < 1.29 is 4.42 Å². The minimum atomic E-state index is -0.173. The highest BCUT2D eigenvalue weighted by atomic mass is 16.4. The van der Waals surface area contributed by atoms with Crippen molar-refractivity contribution in [2.24, 2.45) is 0 Å². The molecule has 4 rings (SSSR count). The van der Waals surface area contributed by atoms with Crippen molar-refractivity contribution >= 4 is 33.8 Å². The lowest BCUT2D eigenvalue weighted by Crippen LogP contribution is -2.21. The SMILES string of the molecule is CC(C)(C)c1cc(CC(C)(C)c2ccc3ncnc(N)c3c2)c2nc(N)oc2c1. The molecular weight excluding hydrogens is 362 g/mol. The Morgan fingerprint density at radius 1 is 0.931 bits per heavy atom. The van der Waals surface area contributed by atoms with Crippen molar-refractivity contribution in [1.82, 2.24) is 15.0 Å². The zero-order chi connectivity index (χ0) is 21.0. The Morgan fingerprint density at radius 2 is 1.69 bits per heavy atom. The van der Waals surface area contributed by atoms with Crippen LogP contribution in [-0.4, -0.2) is 15.0 Å². The van der Waals surface area contributed by atoms with E-state index in [0.29, 0.717) is 5.82 Å². The fourth-order valence-corrected chi connectivity index (χ4v) is 3.76. The number of aromatic nitrogens is 3. The highest BCUT2D eigenvalue weighted by Gasteiger charge is 2.26. The van der Waals surface area contributed by atoms with E-state index in [1.54, 1.807) is 0 Å². The fraction of sp³-hybridized carbons (Fsp3) is 0.348. The summed E-state index contributed by atoms with van der Waals surface area (Å²) in [5, 5.41) is 0.873. The largest absolute Gasteiger partial charge is 0.424 e. The molecule has 0 bridgehead atoms. The van der Waals surface area contributed by atoms with E-state index < -0.39 is 0 Å². The van der Waals surface area contributed by atoms with Crippen LogP contribution in [0.4, 0.5) is 11.8 Å². The quantitative estimate of drug-likeness (QED) is 0.524. The van der Waals surface area contributed by atoms with Crippen LogP contribution >= 0.6 is 0 Å². The molecule has 0 unspecified atom stereocenters. The molecular formula is C23H27N5O. The van der Waals surface area contributed by atoms with E-state index in [9.17, 15) is 0 Å². The standard InChI is InChI=1S/C23H27N5O/c1-22(2,3)15-8-13(19-18(10-15)29-21(25)28-19)11-23(4,5)14-6-7-17-16(9-14)20(24)27-12-26-17/h6-10,12H,11H2,1-5H3,(H2,25,28)(H2,24,26,27). The molecule has 2 aromatic heterocycles. The predicted octanol–water partition coefficient (Wildman–Crippen LogP) is 4.75. The molecule has 0 saturated carbocycles. The highest BCUT2D eigenvalue weighted by Crippen LogP contribution is 2.36. The topological polar surface area (TPSA) is 104 Å². The molecule has 4 N–H and O–H groups in total. The molecule has 0 amide bonds. The van der Waals surface area contributed by atoms with Crippen molar-refractivity contribution in [2.45, 2.75) is 51.9 Å². The van der Waals surface area contributed by atoms with Gasteiger partial charge in [0.2, 0.25) is 0 Å². The number of hydrogen-bond acceptors (Lipinski definition) is 6. The van der Waals surface area contributed by atoms with Crippen LogP contribution in [0.5, 0.6) is 0 Å². The Labute approximate surface area is 170 Å². The third-order valence-electron chi connectivity index (χ3n) is 5.54. The molecule has 0 aliphatic heterocycles. The van der Waals surface area contributed by atoms with Crippen LogP contribution < -0.4 is 11.5 Å². The van der Waals surface area contributed by atoms with Gasteiger partial charge in [0.1, 0.15) is 17.7 Å². The maximum absolute atomic E-state index is 6.08. The fourth-order valence-electron chi connectivity index (χ4n) is 3.76. The van der Waals surface area contributed by atoms with Gasteiger partial charge in [0.05, 0.1) is 5.52 Å². The lowest BCUT2D eigenvalue weighted by molar-refractivity contribution is 0.522. The van der Waals surface area contributed by atoms with Gasteiger partial charge in [-0.15, -0.1) is 0 Å². The smallest absolute Gasteiger partial charge is 0.292 e. The highest BCUT2D eigenvalue weighted by molar-refractivity contribution is 5.88. The van der Waals surface area contributed by atoms with Crippen molar-refractivity contribution in [3.63, 3.8) is 0 Å². The molecule has 0 aliphatic rings.